The van der Waals surface area contributed by atoms with Crippen molar-refractivity contribution in [3.05, 3.63) is 29.3 Å². The van der Waals surface area contributed by atoms with Crippen molar-refractivity contribution in [3.8, 4) is 5.75 Å². The fourth-order valence-electron chi connectivity index (χ4n) is 1.53. The Kier molecular flexibility index (Phi) is 4.03. The predicted molar refractivity (Wildman–Crippen MR) is 55.4 cm³/mol. The molecule has 0 radical (unpaired) electrons. The van der Waals surface area contributed by atoms with Crippen molar-refractivity contribution in [1.29, 1.82) is 0 Å². The van der Waals surface area contributed by atoms with Gasteiger partial charge in [-0.1, -0.05) is 19.1 Å². The Morgan fingerprint density at radius 2 is 2.07 bits per heavy atom. The molecule has 0 aliphatic heterocycles. The average molecular weight is 215 g/mol. The molecule has 1 aromatic rings. The van der Waals surface area contributed by atoms with Gasteiger partial charge in [-0.15, -0.1) is 0 Å². The number of hydrogen-bond acceptors (Lipinski definition) is 2. The molecular formula is C11H15F2NO. The first-order valence-electron chi connectivity index (χ1n) is 4.76. The molecule has 15 heavy (non-hydrogen) atoms. The number of halogens is 2. The molecule has 0 saturated heterocycles. The van der Waals surface area contributed by atoms with Gasteiger partial charge >= 0.3 is 0 Å². The van der Waals surface area contributed by atoms with Crippen LogP contribution in [-0.2, 0) is 0 Å². The van der Waals surface area contributed by atoms with Crippen LogP contribution >= 0.6 is 0 Å². The Labute approximate surface area is 88.0 Å². The topological polar surface area (TPSA) is 35.2 Å². The van der Waals surface area contributed by atoms with Gasteiger partial charge in [0.25, 0.3) is 6.43 Å². The maximum atomic E-state index is 12.9. The van der Waals surface area contributed by atoms with Crippen molar-refractivity contribution in [3.63, 3.8) is 0 Å². The number of ether oxygens (including phenoxy) is 1. The molecule has 0 aliphatic rings. The van der Waals surface area contributed by atoms with E-state index in [4.69, 9.17) is 10.5 Å². The molecular weight excluding hydrogens is 200 g/mol. The molecule has 0 spiro atoms. The molecule has 2 N–H and O–H groups in total. The minimum atomic E-state index is -2.54. The molecule has 0 bridgehead atoms. The van der Waals surface area contributed by atoms with Crippen LogP contribution in [0.5, 0.6) is 5.75 Å². The third kappa shape index (κ3) is 2.45. The van der Waals surface area contributed by atoms with Crippen LogP contribution in [0.3, 0.4) is 0 Å². The first-order valence-corrected chi connectivity index (χ1v) is 4.76. The van der Waals surface area contributed by atoms with Gasteiger partial charge in [0.15, 0.2) is 0 Å². The van der Waals surface area contributed by atoms with E-state index in [1.165, 1.54) is 13.2 Å². The Morgan fingerprint density at radius 1 is 1.40 bits per heavy atom. The standard InChI is InChI=1S/C11H15F2NO/c1-7(6-14)8-4-3-5-9(15-2)10(8)11(12)13/h3-5,7,11H,6,14H2,1-2H3. The number of benzene rings is 1. The van der Waals surface area contributed by atoms with E-state index in [1.807, 2.05) is 6.92 Å². The largest absolute Gasteiger partial charge is 0.496 e. The second-order valence-corrected chi connectivity index (χ2v) is 3.40. The molecule has 84 valence electrons. The van der Waals surface area contributed by atoms with Gasteiger partial charge in [-0.3, -0.25) is 0 Å². The van der Waals surface area contributed by atoms with Crippen LogP contribution in [0, 0.1) is 0 Å². The van der Waals surface area contributed by atoms with E-state index >= 15 is 0 Å². The van der Waals surface area contributed by atoms with Gasteiger partial charge in [0, 0.05) is 0 Å². The molecule has 1 aromatic carbocycles. The Bertz CT molecular complexity index is 328. The zero-order valence-corrected chi connectivity index (χ0v) is 8.84. The van der Waals surface area contributed by atoms with Gasteiger partial charge in [0.1, 0.15) is 5.75 Å². The van der Waals surface area contributed by atoms with Crippen LogP contribution < -0.4 is 10.5 Å². The number of nitrogens with two attached hydrogens (primary N) is 1. The summed E-state index contributed by atoms with van der Waals surface area (Å²) >= 11 is 0. The molecule has 0 heterocycles. The highest BCUT2D eigenvalue weighted by molar-refractivity contribution is 5.43. The zero-order chi connectivity index (χ0) is 11.4. The number of alkyl halides is 2. The fourth-order valence-corrected chi connectivity index (χ4v) is 1.53. The monoisotopic (exact) mass is 215 g/mol. The average Bonchev–Trinajstić information content (AvgIpc) is 2.26. The maximum absolute atomic E-state index is 12.9. The molecule has 4 heteroatoms. The van der Waals surface area contributed by atoms with Gasteiger partial charge in [0.2, 0.25) is 0 Å². The van der Waals surface area contributed by atoms with E-state index in [2.05, 4.69) is 0 Å². The van der Waals surface area contributed by atoms with Gasteiger partial charge in [-0.25, -0.2) is 8.78 Å². The first kappa shape index (κ1) is 11.9. The fraction of sp³-hybridized carbons (Fsp3) is 0.455. The van der Waals surface area contributed by atoms with E-state index in [-0.39, 0.29) is 17.2 Å². The van der Waals surface area contributed by atoms with E-state index in [0.29, 0.717) is 12.1 Å². The summed E-state index contributed by atoms with van der Waals surface area (Å²) in [5.74, 6) is 0.131. The molecule has 0 aliphatic carbocycles. The van der Waals surface area contributed by atoms with Crippen molar-refractivity contribution in [1.82, 2.24) is 0 Å². The van der Waals surface area contributed by atoms with E-state index < -0.39 is 6.43 Å². The van der Waals surface area contributed by atoms with Crippen molar-refractivity contribution in [2.24, 2.45) is 5.73 Å². The van der Waals surface area contributed by atoms with Crippen molar-refractivity contribution < 1.29 is 13.5 Å². The molecule has 0 aromatic heterocycles. The number of rotatable bonds is 4. The lowest BCUT2D eigenvalue weighted by Crippen LogP contribution is -2.11. The van der Waals surface area contributed by atoms with Crippen LogP contribution in [0.2, 0.25) is 0 Å². The molecule has 1 unspecified atom stereocenters. The minimum absolute atomic E-state index is 0.0436. The quantitative estimate of drug-likeness (QED) is 0.838. The summed E-state index contributed by atoms with van der Waals surface area (Å²) in [4.78, 5) is 0. The lowest BCUT2D eigenvalue weighted by Gasteiger charge is -2.17. The molecule has 1 rings (SSSR count). The molecule has 2 nitrogen and oxygen atoms in total. The summed E-state index contributed by atoms with van der Waals surface area (Å²) in [5.41, 5.74) is 6.00. The summed E-state index contributed by atoms with van der Waals surface area (Å²) in [7, 11) is 1.39. The Hall–Kier alpha value is -1.16. The van der Waals surface area contributed by atoms with Gasteiger partial charge < -0.3 is 10.5 Å². The van der Waals surface area contributed by atoms with Crippen molar-refractivity contribution in [2.75, 3.05) is 13.7 Å². The molecule has 1 atom stereocenters. The zero-order valence-electron chi connectivity index (χ0n) is 8.84. The van der Waals surface area contributed by atoms with Crippen LogP contribution in [-0.4, -0.2) is 13.7 Å². The lowest BCUT2D eigenvalue weighted by atomic mass is 9.95. The van der Waals surface area contributed by atoms with Crippen LogP contribution in [0.15, 0.2) is 18.2 Å². The third-order valence-electron chi connectivity index (χ3n) is 2.42. The normalized spacial score (nSPS) is 12.9. The van der Waals surface area contributed by atoms with Gasteiger partial charge in [-0.2, -0.15) is 0 Å². The minimum Gasteiger partial charge on any atom is -0.496 e. The predicted octanol–water partition coefficient (Wildman–Crippen LogP) is 2.70. The van der Waals surface area contributed by atoms with Crippen LogP contribution in [0.1, 0.15) is 30.4 Å². The van der Waals surface area contributed by atoms with E-state index in [1.54, 1.807) is 12.1 Å². The number of hydrogen-bond donors (Lipinski definition) is 1. The van der Waals surface area contributed by atoms with E-state index in [0.717, 1.165) is 0 Å². The summed E-state index contributed by atoms with van der Waals surface area (Å²) in [6.07, 6.45) is -2.54. The van der Waals surface area contributed by atoms with Crippen LogP contribution in [0.4, 0.5) is 8.78 Å². The van der Waals surface area contributed by atoms with Gasteiger partial charge in [0.05, 0.1) is 12.7 Å². The highest BCUT2D eigenvalue weighted by atomic mass is 19.3. The second kappa shape index (κ2) is 5.07. The van der Waals surface area contributed by atoms with Crippen molar-refractivity contribution >= 4 is 0 Å². The summed E-state index contributed by atoms with van der Waals surface area (Å²) in [5, 5.41) is 0. The Balaban J connectivity index is 3.25. The highest BCUT2D eigenvalue weighted by Gasteiger charge is 2.20. The molecule has 0 amide bonds. The van der Waals surface area contributed by atoms with Crippen molar-refractivity contribution in [2.45, 2.75) is 19.3 Å². The third-order valence-corrected chi connectivity index (χ3v) is 2.42. The first-order chi connectivity index (χ1) is 7.11. The molecule has 0 saturated carbocycles. The van der Waals surface area contributed by atoms with E-state index in [9.17, 15) is 8.78 Å². The SMILES string of the molecule is COc1cccc(C(C)CN)c1C(F)F. The Morgan fingerprint density at radius 3 is 2.53 bits per heavy atom. The highest BCUT2D eigenvalue weighted by Crippen LogP contribution is 2.35. The van der Waals surface area contributed by atoms with Crippen LogP contribution in [0.25, 0.3) is 0 Å². The summed E-state index contributed by atoms with van der Waals surface area (Å²) in [6, 6.07) is 4.90. The maximum Gasteiger partial charge on any atom is 0.267 e. The lowest BCUT2D eigenvalue weighted by molar-refractivity contribution is 0.145. The summed E-state index contributed by atoms with van der Waals surface area (Å²) in [6.45, 7) is 2.16. The molecule has 0 fully saturated rings. The summed E-state index contributed by atoms with van der Waals surface area (Å²) < 4.78 is 30.6. The number of methoxy groups -OCH3 is 1. The second-order valence-electron chi connectivity index (χ2n) is 3.40. The van der Waals surface area contributed by atoms with Gasteiger partial charge in [-0.05, 0) is 24.1 Å². The smallest absolute Gasteiger partial charge is 0.267 e.